The Balaban J connectivity index is 1.82. The Morgan fingerprint density at radius 1 is 1.03 bits per heavy atom. The van der Waals surface area contributed by atoms with Gasteiger partial charge in [-0.25, -0.2) is 8.42 Å². The number of sulfonamides is 1. The molecule has 0 spiro atoms. The first-order valence-electron chi connectivity index (χ1n) is 12.3. The van der Waals surface area contributed by atoms with Crippen LogP contribution in [0.2, 0.25) is 0 Å². The van der Waals surface area contributed by atoms with Gasteiger partial charge in [0.25, 0.3) is 0 Å². The van der Waals surface area contributed by atoms with Crippen molar-refractivity contribution in [3.8, 4) is 5.75 Å². The van der Waals surface area contributed by atoms with Gasteiger partial charge < -0.3 is 14.1 Å². The van der Waals surface area contributed by atoms with Gasteiger partial charge >= 0.3 is 0 Å². The zero-order valence-corrected chi connectivity index (χ0v) is 21.9. The van der Waals surface area contributed by atoms with E-state index >= 15 is 0 Å². The minimum absolute atomic E-state index is 0.153. The zero-order valence-electron chi connectivity index (χ0n) is 21.1. The van der Waals surface area contributed by atoms with Crippen LogP contribution in [0.15, 0.2) is 46.9 Å². The Labute approximate surface area is 208 Å². The topological polar surface area (TPSA) is 88.8 Å². The molecule has 0 radical (unpaired) electrons. The molecule has 0 bridgehead atoms. The fraction of sp³-hybridized carbons (Fsp3) is 0.444. The van der Waals surface area contributed by atoms with E-state index in [0.29, 0.717) is 46.6 Å². The van der Waals surface area contributed by atoms with Crippen LogP contribution >= 0.6 is 0 Å². The molecule has 1 aromatic heterocycles. The highest BCUT2D eigenvalue weighted by Gasteiger charge is 2.22. The predicted octanol–water partition coefficient (Wildman–Crippen LogP) is 5.49. The lowest BCUT2D eigenvalue weighted by atomic mass is 9.98. The van der Waals surface area contributed by atoms with Crippen molar-refractivity contribution in [2.75, 3.05) is 37.2 Å². The van der Waals surface area contributed by atoms with Gasteiger partial charge in [-0.15, -0.1) is 0 Å². The Bertz CT molecular complexity index is 1230. The van der Waals surface area contributed by atoms with Crippen LogP contribution in [0.4, 0.5) is 5.69 Å². The maximum Gasteiger partial charge on any atom is 0.229 e. The molecule has 1 heterocycles. The van der Waals surface area contributed by atoms with E-state index in [1.807, 2.05) is 12.1 Å². The van der Waals surface area contributed by atoms with Gasteiger partial charge in [0.2, 0.25) is 10.0 Å². The number of nitrogens with one attached hydrogen (secondary N) is 1. The summed E-state index contributed by atoms with van der Waals surface area (Å²) in [5.74, 6) is 1.20. The monoisotopic (exact) mass is 500 g/mol. The quantitative estimate of drug-likeness (QED) is 0.233. The molecular weight excluding hydrogens is 464 g/mol. The number of nitrogens with zero attached hydrogens (tertiary/aromatic N) is 1. The van der Waals surface area contributed by atoms with Crippen molar-refractivity contribution in [3.05, 3.63) is 59.4 Å². The molecule has 190 valence electrons. The summed E-state index contributed by atoms with van der Waals surface area (Å²) in [4.78, 5) is 15.9. The van der Waals surface area contributed by atoms with Crippen molar-refractivity contribution in [1.82, 2.24) is 4.90 Å². The van der Waals surface area contributed by atoms with Crippen LogP contribution in [0, 0.1) is 0 Å². The second-order valence-corrected chi connectivity index (χ2v) is 10.4. The summed E-state index contributed by atoms with van der Waals surface area (Å²) < 4.78 is 37.8. The Hall–Kier alpha value is -2.84. The van der Waals surface area contributed by atoms with E-state index in [4.69, 9.17) is 9.15 Å². The standard InChI is InChI=1S/C27H36N2O5S/c1-5-8-10-25-26(23-19-21(28-35(4,31)32)13-16-24(23)34-25)27(30)20-11-14-22(15-12-20)33-18-9-17-29(6-2)7-3/h11-16,19,28H,5-10,17-18H2,1-4H3. The third kappa shape index (κ3) is 7.32. The van der Waals surface area contributed by atoms with Gasteiger partial charge in [0.1, 0.15) is 17.1 Å². The minimum atomic E-state index is -3.44. The second-order valence-electron chi connectivity index (χ2n) is 8.67. The normalized spacial score (nSPS) is 11.8. The van der Waals surface area contributed by atoms with Crippen molar-refractivity contribution in [3.63, 3.8) is 0 Å². The Kier molecular flexibility index (Phi) is 9.34. The van der Waals surface area contributed by atoms with Crippen LogP contribution in [0.25, 0.3) is 11.0 Å². The van der Waals surface area contributed by atoms with Crippen molar-refractivity contribution in [2.45, 2.75) is 46.5 Å². The predicted molar refractivity (Wildman–Crippen MR) is 141 cm³/mol. The number of furan rings is 1. The molecule has 0 atom stereocenters. The van der Waals surface area contributed by atoms with Crippen molar-refractivity contribution < 1.29 is 22.4 Å². The van der Waals surface area contributed by atoms with Gasteiger partial charge in [-0.2, -0.15) is 0 Å². The molecule has 35 heavy (non-hydrogen) atoms. The summed E-state index contributed by atoms with van der Waals surface area (Å²) >= 11 is 0. The summed E-state index contributed by atoms with van der Waals surface area (Å²) in [5.41, 5.74) is 1.97. The fourth-order valence-corrected chi connectivity index (χ4v) is 4.61. The van der Waals surface area contributed by atoms with Crippen molar-refractivity contribution >= 4 is 32.5 Å². The number of hydrogen-bond donors (Lipinski definition) is 1. The van der Waals surface area contributed by atoms with Gasteiger partial charge in [-0.1, -0.05) is 27.2 Å². The molecule has 0 saturated heterocycles. The highest BCUT2D eigenvalue weighted by atomic mass is 32.2. The first kappa shape index (κ1) is 26.8. The number of anilines is 1. The Morgan fingerprint density at radius 2 is 1.74 bits per heavy atom. The molecule has 1 N–H and O–H groups in total. The smallest absolute Gasteiger partial charge is 0.229 e. The van der Waals surface area contributed by atoms with Crippen LogP contribution < -0.4 is 9.46 Å². The number of rotatable bonds is 14. The van der Waals surface area contributed by atoms with Gasteiger partial charge in [0.05, 0.1) is 18.4 Å². The molecule has 0 aliphatic heterocycles. The highest BCUT2D eigenvalue weighted by Crippen LogP contribution is 2.32. The van der Waals surface area contributed by atoms with Gasteiger partial charge in [0, 0.05) is 29.6 Å². The number of fused-ring (bicyclic) bond motifs is 1. The minimum Gasteiger partial charge on any atom is -0.494 e. The third-order valence-electron chi connectivity index (χ3n) is 5.95. The number of hydrogen-bond acceptors (Lipinski definition) is 6. The number of unbranched alkanes of at least 4 members (excludes halogenated alkanes) is 1. The number of ketones is 1. The van der Waals surface area contributed by atoms with Gasteiger partial charge in [-0.3, -0.25) is 9.52 Å². The van der Waals surface area contributed by atoms with E-state index in [9.17, 15) is 13.2 Å². The molecule has 0 unspecified atom stereocenters. The van der Waals surface area contributed by atoms with Crippen molar-refractivity contribution in [2.24, 2.45) is 0 Å². The number of carbonyl (C=O) groups is 1. The summed E-state index contributed by atoms with van der Waals surface area (Å²) in [7, 11) is -3.44. The van der Waals surface area contributed by atoms with E-state index in [1.54, 1.807) is 30.3 Å². The summed E-state index contributed by atoms with van der Waals surface area (Å²) in [5, 5.41) is 0.603. The highest BCUT2D eigenvalue weighted by molar-refractivity contribution is 7.92. The molecule has 0 aliphatic rings. The third-order valence-corrected chi connectivity index (χ3v) is 6.55. The van der Waals surface area contributed by atoms with Crippen LogP contribution in [0.1, 0.15) is 61.7 Å². The second kappa shape index (κ2) is 12.2. The first-order chi connectivity index (χ1) is 16.8. The van der Waals surface area contributed by atoms with E-state index in [0.717, 1.165) is 50.9 Å². The maximum atomic E-state index is 13.6. The molecule has 0 fully saturated rings. The number of aryl methyl sites for hydroxylation is 1. The largest absolute Gasteiger partial charge is 0.494 e. The number of carbonyl (C=O) groups excluding carboxylic acids is 1. The Morgan fingerprint density at radius 3 is 2.37 bits per heavy atom. The molecular formula is C27H36N2O5S. The fourth-order valence-electron chi connectivity index (χ4n) is 4.05. The lowest BCUT2D eigenvalue weighted by molar-refractivity contribution is 0.103. The van der Waals surface area contributed by atoms with Crippen LogP contribution in [-0.2, 0) is 16.4 Å². The summed E-state index contributed by atoms with van der Waals surface area (Å²) in [6.07, 6.45) is 4.52. The average Bonchev–Trinajstić information content (AvgIpc) is 3.19. The first-order valence-corrected chi connectivity index (χ1v) is 14.2. The summed E-state index contributed by atoms with van der Waals surface area (Å²) in [6.45, 7) is 10.1. The lowest BCUT2D eigenvalue weighted by Gasteiger charge is -2.17. The molecule has 0 amide bonds. The SMILES string of the molecule is CCCCc1oc2ccc(NS(C)(=O)=O)cc2c1C(=O)c1ccc(OCCCN(CC)CC)cc1. The summed E-state index contributed by atoms with van der Waals surface area (Å²) in [6, 6.07) is 12.2. The maximum absolute atomic E-state index is 13.6. The molecule has 0 aliphatic carbocycles. The number of benzene rings is 2. The van der Waals surface area contributed by atoms with Gasteiger partial charge in [0.15, 0.2) is 5.78 Å². The van der Waals surface area contributed by atoms with Crippen LogP contribution in [-0.4, -0.2) is 51.6 Å². The molecule has 2 aromatic carbocycles. The number of ether oxygens (including phenoxy) is 1. The van der Waals surface area contributed by atoms with Crippen LogP contribution in [0.5, 0.6) is 5.75 Å². The zero-order chi connectivity index (χ0) is 25.4. The lowest BCUT2D eigenvalue weighted by Crippen LogP contribution is -2.25. The molecule has 3 rings (SSSR count). The molecule has 3 aromatic rings. The van der Waals surface area contributed by atoms with E-state index in [-0.39, 0.29) is 5.78 Å². The molecule has 7 nitrogen and oxygen atoms in total. The average molecular weight is 501 g/mol. The van der Waals surface area contributed by atoms with Crippen LogP contribution in [0.3, 0.4) is 0 Å². The molecule has 8 heteroatoms. The molecule has 0 saturated carbocycles. The van der Waals surface area contributed by atoms with E-state index in [2.05, 4.69) is 30.4 Å². The van der Waals surface area contributed by atoms with E-state index < -0.39 is 10.0 Å². The van der Waals surface area contributed by atoms with E-state index in [1.165, 1.54) is 0 Å². The van der Waals surface area contributed by atoms with Crippen molar-refractivity contribution in [1.29, 1.82) is 0 Å². The van der Waals surface area contributed by atoms with Gasteiger partial charge in [-0.05, 0) is 68.4 Å².